The zero-order valence-corrected chi connectivity index (χ0v) is 9.30. The van der Waals surface area contributed by atoms with Crippen molar-refractivity contribution in [1.29, 1.82) is 0 Å². The number of benzene rings is 1. The van der Waals surface area contributed by atoms with Crippen LogP contribution in [0.1, 0.15) is 12.6 Å². The molecule has 0 aliphatic rings. The van der Waals surface area contributed by atoms with E-state index in [0.717, 1.165) is 16.4 Å². The maximum atomic E-state index is 4.42. The minimum Gasteiger partial charge on any atom is -0.271 e. The highest BCUT2D eigenvalue weighted by Crippen LogP contribution is 2.22. The molecule has 0 saturated heterocycles. The summed E-state index contributed by atoms with van der Waals surface area (Å²) >= 11 is 3.47. The summed E-state index contributed by atoms with van der Waals surface area (Å²) in [5.74, 6) is 0. The van der Waals surface area contributed by atoms with Crippen molar-refractivity contribution < 1.29 is 0 Å². The summed E-state index contributed by atoms with van der Waals surface area (Å²) in [4.78, 5) is 0. The van der Waals surface area contributed by atoms with Gasteiger partial charge in [0.1, 0.15) is 0 Å². The molecule has 0 spiro atoms. The van der Waals surface area contributed by atoms with E-state index in [0.29, 0.717) is 0 Å². The molecule has 0 aliphatic carbocycles. The van der Waals surface area contributed by atoms with Crippen molar-refractivity contribution >= 4 is 26.8 Å². The maximum absolute atomic E-state index is 4.42. The molecule has 0 N–H and O–H groups in total. The zero-order chi connectivity index (χ0) is 9.42. The van der Waals surface area contributed by atoms with Gasteiger partial charge in [-0.1, -0.05) is 22.9 Å². The van der Waals surface area contributed by atoms with E-state index in [2.05, 4.69) is 34.0 Å². The number of nitrogens with zero attached hydrogens (tertiary/aromatic N) is 2. The van der Waals surface area contributed by atoms with Crippen LogP contribution in [-0.4, -0.2) is 9.78 Å². The van der Waals surface area contributed by atoms with Crippen LogP contribution in [0, 0.1) is 0 Å². The van der Waals surface area contributed by atoms with E-state index in [1.807, 2.05) is 23.9 Å². The van der Waals surface area contributed by atoms with Gasteiger partial charge in [-0.05, 0) is 24.6 Å². The van der Waals surface area contributed by atoms with Crippen LogP contribution in [-0.2, 0) is 13.5 Å². The first-order chi connectivity index (χ1) is 6.22. The number of fused-ring (bicyclic) bond motifs is 1. The van der Waals surface area contributed by atoms with Crippen molar-refractivity contribution in [3.63, 3.8) is 0 Å². The van der Waals surface area contributed by atoms with Gasteiger partial charge < -0.3 is 0 Å². The highest BCUT2D eigenvalue weighted by Gasteiger charge is 2.06. The van der Waals surface area contributed by atoms with Crippen LogP contribution < -0.4 is 0 Å². The lowest BCUT2D eigenvalue weighted by atomic mass is 10.2. The van der Waals surface area contributed by atoms with Crippen molar-refractivity contribution in [2.24, 2.45) is 7.05 Å². The minimum absolute atomic E-state index is 1.02. The Bertz CT molecular complexity index is 445. The van der Waals surface area contributed by atoms with Crippen LogP contribution in [0.2, 0.25) is 0 Å². The maximum Gasteiger partial charge on any atom is 0.0926 e. The van der Waals surface area contributed by atoms with E-state index < -0.39 is 0 Å². The predicted molar refractivity (Wildman–Crippen MR) is 57.8 cm³/mol. The van der Waals surface area contributed by atoms with Crippen molar-refractivity contribution in [2.45, 2.75) is 13.3 Å². The Morgan fingerprint density at radius 3 is 2.92 bits per heavy atom. The van der Waals surface area contributed by atoms with Gasteiger partial charge in [0.2, 0.25) is 0 Å². The van der Waals surface area contributed by atoms with Crippen molar-refractivity contribution in [3.05, 3.63) is 28.4 Å². The number of hydrogen-bond acceptors (Lipinski definition) is 1. The molecule has 13 heavy (non-hydrogen) atoms. The van der Waals surface area contributed by atoms with Gasteiger partial charge in [0.25, 0.3) is 0 Å². The summed E-state index contributed by atoms with van der Waals surface area (Å²) in [6, 6.07) is 6.19. The first-order valence-corrected chi connectivity index (χ1v) is 5.13. The van der Waals surface area contributed by atoms with Gasteiger partial charge in [-0.15, -0.1) is 0 Å². The predicted octanol–water partition coefficient (Wildman–Crippen LogP) is 2.90. The zero-order valence-electron chi connectivity index (χ0n) is 7.71. The second-order valence-electron chi connectivity index (χ2n) is 3.09. The van der Waals surface area contributed by atoms with Gasteiger partial charge in [-0.3, -0.25) is 4.68 Å². The Morgan fingerprint density at radius 1 is 1.46 bits per heavy atom. The standard InChI is InChI=1S/C10H11BrN2/c1-3-10-8-6-7(11)4-5-9(8)12-13(10)2/h4-6H,3H2,1-2H3. The normalized spacial score (nSPS) is 11.0. The summed E-state index contributed by atoms with van der Waals surface area (Å²) in [6.45, 7) is 2.15. The monoisotopic (exact) mass is 238 g/mol. The summed E-state index contributed by atoms with van der Waals surface area (Å²) in [5.41, 5.74) is 2.36. The Hall–Kier alpha value is -0.830. The van der Waals surface area contributed by atoms with Crippen LogP contribution in [0.25, 0.3) is 10.9 Å². The molecule has 3 heteroatoms. The summed E-state index contributed by atoms with van der Waals surface area (Å²) < 4.78 is 3.07. The highest BCUT2D eigenvalue weighted by atomic mass is 79.9. The van der Waals surface area contributed by atoms with E-state index in [-0.39, 0.29) is 0 Å². The lowest BCUT2D eigenvalue weighted by molar-refractivity contribution is 0.728. The molecule has 2 nitrogen and oxygen atoms in total. The number of aryl methyl sites for hydroxylation is 2. The SMILES string of the molecule is CCc1c2cc(Br)ccc2nn1C. The molecule has 1 aromatic carbocycles. The average Bonchev–Trinajstić information content (AvgIpc) is 2.40. The third-order valence-corrected chi connectivity index (χ3v) is 2.75. The topological polar surface area (TPSA) is 17.8 Å². The second-order valence-corrected chi connectivity index (χ2v) is 4.00. The Kier molecular flexibility index (Phi) is 2.12. The van der Waals surface area contributed by atoms with Gasteiger partial charge in [0.05, 0.1) is 5.52 Å². The first kappa shape index (κ1) is 8.75. The average molecular weight is 239 g/mol. The molecule has 0 amide bonds. The van der Waals surface area contributed by atoms with Crippen LogP contribution >= 0.6 is 15.9 Å². The minimum atomic E-state index is 1.02. The molecule has 0 unspecified atom stereocenters. The second kappa shape index (κ2) is 3.14. The van der Waals surface area contributed by atoms with Gasteiger partial charge in [-0.25, -0.2) is 0 Å². The van der Waals surface area contributed by atoms with Crippen LogP contribution in [0.4, 0.5) is 0 Å². The largest absolute Gasteiger partial charge is 0.271 e. The van der Waals surface area contributed by atoms with Crippen molar-refractivity contribution in [3.8, 4) is 0 Å². The molecule has 0 saturated carbocycles. The van der Waals surface area contributed by atoms with E-state index in [9.17, 15) is 0 Å². The molecule has 1 aromatic heterocycles. The van der Waals surface area contributed by atoms with Gasteiger partial charge >= 0.3 is 0 Å². The molecule has 0 aliphatic heterocycles. The third-order valence-electron chi connectivity index (χ3n) is 2.25. The van der Waals surface area contributed by atoms with E-state index >= 15 is 0 Å². The third kappa shape index (κ3) is 1.37. The van der Waals surface area contributed by atoms with Crippen LogP contribution in [0.3, 0.4) is 0 Å². The summed E-state index contributed by atoms with van der Waals surface area (Å²) in [6.07, 6.45) is 1.02. The molecule has 68 valence electrons. The van der Waals surface area contributed by atoms with Gasteiger partial charge in [0, 0.05) is 22.6 Å². The molecule has 2 rings (SSSR count). The fourth-order valence-electron chi connectivity index (χ4n) is 1.64. The lowest BCUT2D eigenvalue weighted by Crippen LogP contribution is -1.95. The first-order valence-electron chi connectivity index (χ1n) is 4.33. The molecular weight excluding hydrogens is 228 g/mol. The molecule has 0 bridgehead atoms. The Morgan fingerprint density at radius 2 is 2.23 bits per heavy atom. The Labute approximate surface area is 85.7 Å². The fourth-order valence-corrected chi connectivity index (χ4v) is 2.00. The highest BCUT2D eigenvalue weighted by molar-refractivity contribution is 9.10. The summed E-state index contributed by atoms with van der Waals surface area (Å²) in [7, 11) is 1.99. The van der Waals surface area contributed by atoms with E-state index in [1.54, 1.807) is 0 Å². The van der Waals surface area contributed by atoms with Gasteiger partial charge in [0.15, 0.2) is 0 Å². The smallest absolute Gasteiger partial charge is 0.0926 e. The van der Waals surface area contributed by atoms with Crippen molar-refractivity contribution in [1.82, 2.24) is 9.78 Å². The number of halogens is 1. The van der Waals surface area contributed by atoms with E-state index in [4.69, 9.17) is 0 Å². The van der Waals surface area contributed by atoms with Gasteiger partial charge in [-0.2, -0.15) is 5.10 Å². The molecular formula is C10H11BrN2. The fraction of sp³-hybridized carbons (Fsp3) is 0.300. The van der Waals surface area contributed by atoms with Crippen molar-refractivity contribution in [2.75, 3.05) is 0 Å². The molecule has 0 fully saturated rings. The van der Waals surface area contributed by atoms with Crippen LogP contribution in [0.5, 0.6) is 0 Å². The number of rotatable bonds is 1. The lowest BCUT2D eigenvalue weighted by Gasteiger charge is -1.96. The van der Waals surface area contributed by atoms with Crippen LogP contribution in [0.15, 0.2) is 22.7 Å². The Balaban J connectivity index is 2.80. The molecule has 0 atom stereocenters. The molecule has 1 heterocycles. The quantitative estimate of drug-likeness (QED) is 0.748. The molecule has 2 aromatic rings. The number of aromatic nitrogens is 2. The van der Waals surface area contributed by atoms with E-state index in [1.165, 1.54) is 11.1 Å². The number of hydrogen-bond donors (Lipinski definition) is 0. The molecule has 0 radical (unpaired) electrons. The summed E-state index contributed by atoms with van der Waals surface area (Å²) in [5, 5.41) is 5.67.